The molecule has 0 aliphatic heterocycles. The van der Waals surface area contributed by atoms with E-state index in [2.05, 4.69) is 20.0 Å². The number of rotatable bonds is 5. The summed E-state index contributed by atoms with van der Waals surface area (Å²) in [5.41, 5.74) is 0.450. The van der Waals surface area contributed by atoms with Crippen molar-refractivity contribution in [3.8, 4) is 6.07 Å². The van der Waals surface area contributed by atoms with E-state index in [0.717, 1.165) is 0 Å². The van der Waals surface area contributed by atoms with Crippen molar-refractivity contribution in [3.05, 3.63) is 46.1 Å². The number of anilines is 1. The van der Waals surface area contributed by atoms with Crippen LogP contribution >= 0.6 is 0 Å². The number of aromatic nitrogens is 2. The van der Waals surface area contributed by atoms with Gasteiger partial charge in [-0.3, -0.25) is 10.1 Å². The van der Waals surface area contributed by atoms with Crippen LogP contribution in [0.15, 0.2) is 29.1 Å². The van der Waals surface area contributed by atoms with E-state index in [4.69, 9.17) is 5.26 Å². The second-order valence-corrected chi connectivity index (χ2v) is 3.63. The summed E-state index contributed by atoms with van der Waals surface area (Å²) in [6.45, 7) is 0.530. The third-order valence-electron chi connectivity index (χ3n) is 2.40. The van der Waals surface area contributed by atoms with Crippen LogP contribution in [0.4, 0.5) is 11.4 Å². The highest BCUT2D eigenvalue weighted by Crippen LogP contribution is 2.21. The van der Waals surface area contributed by atoms with Crippen LogP contribution in [0.2, 0.25) is 0 Å². The van der Waals surface area contributed by atoms with Gasteiger partial charge in [0, 0.05) is 24.7 Å². The van der Waals surface area contributed by atoms with E-state index >= 15 is 0 Å². The van der Waals surface area contributed by atoms with Crippen LogP contribution in [0.5, 0.6) is 0 Å². The van der Waals surface area contributed by atoms with Crippen molar-refractivity contribution in [2.24, 2.45) is 0 Å². The summed E-state index contributed by atoms with van der Waals surface area (Å²) in [7, 11) is 0. The first kappa shape index (κ1) is 12.5. The molecular weight excluding hydrogens is 250 g/mol. The zero-order valence-electron chi connectivity index (χ0n) is 9.74. The van der Waals surface area contributed by atoms with Gasteiger partial charge in [0.1, 0.15) is 11.6 Å². The summed E-state index contributed by atoms with van der Waals surface area (Å²) >= 11 is 0. The summed E-state index contributed by atoms with van der Waals surface area (Å²) in [4.78, 5) is 13.9. The summed E-state index contributed by atoms with van der Waals surface area (Å²) < 4.78 is 4.59. The molecule has 1 aromatic carbocycles. The molecule has 0 aliphatic carbocycles. The smallest absolute Gasteiger partial charge is 0.287 e. The predicted molar refractivity (Wildman–Crippen MR) is 64.3 cm³/mol. The Morgan fingerprint density at radius 1 is 1.53 bits per heavy atom. The quantitative estimate of drug-likeness (QED) is 0.638. The zero-order chi connectivity index (χ0) is 13.7. The van der Waals surface area contributed by atoms with Crippen molar-refractivity contribution in [3.63, 3.8) is 0 Å². The van der Waals surface area contributed by atoms with Crippen LogP contribution in [0, 0.1) is 21.4 Å². The van der Waals surface area contributed by atoms with Crippen molar-refractivity contribution < 1.29 is 9.45 Å². The number of nitro benzene ring substituents is 1. The number of nitrogens with one attached hydrogen (secondary N) is 1. The maximum Gasteiger partial charge on any atom is 0.287 e. The first-order valence-corrected chi connectivity index (χ1v) is 5.38. The van der Waals surface area contributed by atoms with Gasteiger partial charge in [-0.1, -0.05) is 5.16 Å². The lowest BCUT2D eigenvalue weighted by Gasteiger charge is -2.05. The first-order valence-electron chi connectivity index (χ1n) is 5.38. The number of nitriles is 1. The van der Waals surface area contributed by atoms with Crippen LogP contribution in [0.1, 0.15) is 11.4 Å². The molecule has 8 heteroatoms. The molecule has 0 saturated carbocycles. The minimum Gasteiger partial charge on any atom is -0.385 e. The molecule has 2 rings (SSSR count). The van der Waals surface area contributed by atoms with E-state index in [1.54, 1.807) is 12.1 Å². The molecule has 1 heterocycles. The van der Waals surface area contributed by atoms with Gasteiger partial charge in [-0.15, -0.1) is 0 Å². The van der Waals surface area contributed by atoms with Gasteiger partial charge in [0.25, 0.3) is 5.69 Å². The van der Waals surface area contributed by atoms with E-state index in [9.17, 15) is 10.1 Å². The summed E-state index contributed by atoms with van der Waals surface area (Å²) in [5.74, 6) is 0.565. The second-order valence-electron chi connectivity index (χ2n) is 3.63. The van der Waals surface area contributed by atoms with Crippen molar-refractivity contribution in [2.75, 3.05) is 11.9 Å². The Morgan fingerprint density at radius 2 is 2.37 bits per heavy atom. The van der Waals surface area contributed by atoms with Crippen LogP contribution < -0.4 is 5.32 Å². The van der Waals surface area contributed by atoms with Crippen LogP contribution in [-0.4, -0.2) is 21.6 Å². The molecule has 2 aromatic rings. The molecular formula is C11H9N5O3. The van der Waals surface area contributed by atoms with Gasteiger partial charge in [0.15, 0.2) is 5.82 Å². The van der Waals surface area contributed by atoms with E-state index in [0.29, 0.717) is 24.5 Å². The fourth-order valence-electron chi connectivity index (χ4n) is 1.52. The maximum absolute atomic E-state index is 10.7. The summed E-state index contributed by atoms with van der Waals surface area (Å²) in [5, 5.41) is 26.2. The maximum atomic E-state index is 10.7. The monoisotopic (exact) mass is 259 g/mol. The Bertz CT molecular complexity index is 618. The highest BCUT2D eigenvalue weighted by Gasteiger charge is 2.13. The SMILES string of the molecule is N#Cc1cc(NCCc2ncon2)ccc1[N+](=O)[O-]. The lowest BCUT2D eigenvalue weighted by Crippen LogP contribution is -2.06. The Kier molecular flexibility index (Phi) is 3.68. The Morgan fingerprint density at radius 3 is 3.00 bits per heavy atom. The number of nitro groups is 1. The number of benzene rings is 1. The minimum atomic E-state index is -0.582. The third-order valence-corrected chi connectivity index (χ3v) is 2.40. The fourth-order valence-corrected chi connectivity index (χ4v) is 1.52. The highest BCUT2D eigenvalue weighted by atomic mass is 16.6. The first-order chi connectivity index (χ1) is 9.20. The number of nitrogens with zero attached hydrogens (tertiary/aromatic N) is 4. The molecule has 0 bridgehead atoms. The molecule has 0 aliphatic rings. The van der Waals surface area contributed by atoms with Gasteiger partial charge in [0.2, 0.25) is 6.39 Å². The van der Waals surface area contributed by atoms with Crippen molar-refractivity contribution in [1.82, 2.24) is 10.1 Å². The number of hydrogen-bond acceptors (Lipinski definition) is 7. The fraction of sp³-hybridized carbons (Fsp3) is 0.182. The molecule has 96 valence electrons. The Balaban J connectivity index is 2.01. The van der Waals surface area contributed by atoms with Gasteiger partial charge in [0.05, 0.1) is 4.92 Å². The van der Waals surface area contributed by atoms with Crippen LogP contribution in [0.3, 0.4) is 0 Å². The summed E-state index contributed by atoms with van der Waals surface area (Å²) in [6.07, 6.45) is 1.80. The molecule has 0 amide bonds. The molecule has 19 heavy (non-hydrogen) atoms. The summed E-state index contributed by atoms with van der Waals surface area (Å²) in [6, 6.07) is 6.09. The van der Waals surface area contributed by atoms with Gasteiger partial charge in [-0.25, -0.2) is 0 Å². The molecule has 0 saturated heterocycles. The largest absolute Gasteiger partial charge is 0.385 e. The van der Waals surface area contributed by atoms with Crippen molar-refractivity contribution in [1.29, 1.82) is 5.26 Å². The average molecular weight is 259 g/mol. The van der Waals surface area contributed by atoms with Gasteiger partial charge >= 0.3 is 0 Å². The van der Waals surface area contributed by atoms with E-state index in [1.807, 2.05) is 0 Å². The van der Waals surface area contributed by atoms with Gasteiger partial charge in [-0.2, -0.15) is 10.2 Å². The molecule has 0 radical (unpaired) electrons. The molecule has 0 spiro atoms. The minimum absolute atomic E-state index is 0.0227. The molecule has 1 aromatic heterocycles. The van der Waals surface area contributed by atoms with Crippen molar-refractivity contribution in [2.45, 2.75) is 6.42 Å². The lowest BCUT2D eigenvalue weighted by molar-refractivity contribution is -0.385. The van der Waals surface area contributed by atoms with Crippen LogP contribution in [0.25, 0.3) is 0 Å². The standard InChI is InChI=1S/C11H9N5O3/c12-6-8-5-9(1-2-10(8)16(17)18)13-4-3-11-14-7-19-15-11/h1-2,5,7,13H,3-4H2. The van der Waals surface area contributed by atoms with Gasteiger partial charge < -0.3 is 9.84 Å². The molecule has 8 nitrogen and oxygen atoms in total. The lowest BCUT2D eigenvalue weighted by atomic mass is 10.1. The van der Waals surface area contributed by atoms with Crippen LogP contribution in [-0.2, 0) is 6.42 Å². The molecule has 0 fully saturated rings. The van der Waals surface area contributed by atoms with E-state index in [-0.39, 0.29) is 11.3 Å². The zero-order valence-corrected chi connectivity index (χ0v) is 9.74. The Hall–Kier alpha value is -2.95. The van der Waals surface area contributed by atoms with Crippen molar-refractivity contribution >= 4 is 11.4 Å². The second kappa shape index (κ2) is 5.59. The predicted octanol–water partition coefficient (Wildman–Crippen LogP) is 1.50. The van der Waals surface area contributed by atoms with Gasteiger partial charge in [-0.05, 0) is 12.1 Å². The molecule has 1 N–H and O–H groups in total. The van der Waals surface area contributed by atoms with E-state index in [1.165, 1.54) is 18.5 Å². The third kappa shape index (κ3) is 3.04. The highest BCUT2D eigenvalue weighted by molar-refractivity contribution is 5.58. The Labute approximate surface area is 107 Å². The average Bonchev–Trinajstić information content (AvgIpc) is 2.91. The number of hydrogen-bond donors (Lipinski definition) is 1. The normalized spacial score (nSPS) is 9.84. The topological polar surface area (TPSA) is 118 Å². The molecule has 0 unspecified atom stereocenters. The molecule has 0 atom stereocenters. The van der Waals surface area contributed by atoms with E-state index < -0.39 is 4.92 Å².